The van der Waals surface area contributed by atoms with Crippen molar-refractivity contribution in [1.29, 1.82) is 5.26 Å². The number of sulfonamides is 1. The molecule has 3 aromatic carbocycles. The lowest BCUT2D eigenvalue weighted by molar-refractivity contribution is -0.136. The molecule has 19 heteroatoms. The molecule has 0 spiro atoms. The van der Waals surface area contributed by atoms with E-state index in [2.05, 4.69) is 20.0 Å². The first-order valence-corrected chi connectivity index (χ1v) is 20.5. The van der Waals surface area contributed by atoms with Gasteiger partial charge in [-0.05, 0) is 65.6 Å². The number of rotatable bonds is 16. The molecule has 6 rings (SSSR count). The van der Waals surface area contributed by atoms with E-state index in [-0.39, 0.29) is 59.6 Å². The molecule has 2 aliphatic rings. The molecule has 2 aliphatic heterocycles. The second-order valence-electron chi connectivity index (χ2n) is 14.5. The van der Waals surface area contributed by atoms with Gasteiger partial charge in [-0.15, -0.1) is 0 Å². The molecule has 1 fully saturated rings. The minimum Gasteiger partial charge on any atom is -0.490 e. The average molecular weight is 855 g/mol. The summed E-state index contributed by atoms with van der Waals surface area (Å²) in [5.74, 6) is -5.82. The number of halogens is 4. The van der Waals surface area contributed by atoms with E-state index in [4.69, 9.17) is 25.8 Å². The summed E-state index contributed by atoms with van der Waals surface area (Å²) in [5, 5.41) is 12.2. The van der Waals surface area contributed by atoms with Crippen molar-refractivity contribution in [2.75, 3.05) is 24.2 Å². The molecular weight excluding hydrogens is 817 g/mol. The fourth-order valence-corrected chi connectivity index (χ4v) is 7.29. The van der Waals surface area contributed by atoms with Crippen LogP contribution >= 0.6 is 11.6 Å². The normalized spacial score (nSPS) is 15.7. The smallest absolute Gasteiger partial charge is 0.255 e. The quantitative estimate of drug-likeness (QED) is 0.125. The molecule has 1 saturated heterocycles. The summed E-state index contributed by atoms with van der Waals surface area (Å²) in [6, 6.07) is 15.3. The molecule has 0 saturated carbocycles. The van der Waals surface area contributed by atoms with Crippen molar-refractivity contribution >= 4 is 45.3 Å². The van der Waals surface area contributed by atoms with Gasteiger partial charge in [-0.25, -0.2) is 31.6 Å². The van der Waals surface area contributed by atoms with Gasteiger partial charge in [0.2, 0.25) is 27.8 Å². The Bertz CT molecular complexity index is 2450. The number of hydrogen-bond acceptors (Lipinski definition) is 11. The molecule has 0 bridgehead atoms. The zero-order valence-corrected chi connectivity index (χ0v) is 33.6. The first-order valence-electron chi connectivity index (χ1n) is 18.2. The first-order chi connectivity index (χ1) is 27.8. The molecule has 0 radical (unpaired) electrons. The minimum absolute atomic E-state index is 0.0228. The van der Waals surface area contributed by atoms with Gasteiger partial charge in [0.25, 0.3) is 11.8 Å². The highest BCUT2D eigenvalue weighted by molar-refractivity contribution is 7.92. The Kier molecular flexibility index (Phi) is 12.4. The maximum atomic E-state index is 14.9. The number of anilines is 1. The number of fused-ring (bicyclic) bond motifs is 1. The number of alkyl halides is 2. The van der Waals surface area contributed by atoms with Crippen molar-refractivity contribution in [3.05, 3.63) is 105 Å². The number of nitrogens with zero attached hydrogens (tertiary/aromatic N) is 4. The average Bonchev–Trinajstić information content (AvgIpc) is 3.47. The van der Waals surface area contributed by atoms with E-state index >= 15 is 0 Å². The largest absolute Gasteiger partial charge is 0.490 e. The van der Waals surface area contributed by atoms with Crippen LogP contribution in [0.1, 0.15) is 77.8 Å². The third kappa shape index (κ3) is 10.2. The number of imide groups is 1. The summed E-state index contributed by atoms with van der Waals surface area (Å²) < 4.78 is 86.8. The number of ether oxygens (including phenoxy) is 3. The Balaban J connectivity index is 1.01. The van der Waals surface area contributed by atoms with E-state index < -0.39 is 77.0 Å². The lowest BCUT2D eigenvalue weighted by Gasteiger charge is -2.29. The van der Waals surface area contributed by atoms with Crippen molar-refractivity contribution in [3.63, 3.8) is 0 Å². The van der Waals surface area contributed by atoms with Crippen molar-refractivity contribution in [3.8, 4) is 23.3 Å². The van der Waals surface area contributed by atoms with E-state index in [1.54, 1.807) is 30.3 Å². The Hall–Kier alpha value is -5.93. The van der Waals surface area contributed by atoms with Crippen LogP contribution in [0.2, 0.25) is 5.02 Å². The molecule has 2 N–H and O–H groups in total. The zero-order chi connectivity index (χ0) is 42.7. The zero-order valence-electron chi connectivity index (χ0n) is 32.0. The first kappa shape index (κ1) is 42.7. The second kappa shape index (κ2) is 17.1. The number of carbonyl (C=O) groups is 3. The van der Waals surface area contributed by atoms with Crippen molar-refractivity contribution < 1.29 is 50.2 Å². The molecule has 14 nitrogen and oxygen atoms in total. The summed E-state index contributed by atoms with van der Waals surface area (Å²) in [6.07, 6.45) is 1.02. The van der Waals surface area contributed by atoms with E-state index in [1.807, 2.05) is 32.0 Å². The Labute approximate surface area is 342 Å². The van der Waals surface area contributed by atoms with Gasteiger partial charge >= 0.3 is 0 Å². The van der Waals surface area contributed by atoms with Gasteiger partial charge in [-0.3, -0.25) is 24.4 Å². The van der Waals surface area contributed by atoms with Gasteiger partial charge in [-0.2, -0.15) is 5.26 Å². The van der Waals surface area contributed by atoms with E-state index in [0.717, 1.165) is 17.9 Å². The highest BCUT2D eigenvalue weighted by Gasteiger charge is 2.40. The van der Waals surface area contributed by atoms with E-state index in [1.165, 1.54) is 17.2 Å². The number of carbonyl (C=O) groups excluding carboxylic acids is 3. The SMILES string of the molecule is CC(C)(c1ccc(OCc2ccnc(NS(C)(=O)=O)n2)cc1)c1cc(Cl)c(OCCC(F)(F)CCOc2cc3c(cc2F)C(=O)N(C2CCC(=O)NC2=O)C3)c(C#N)c1. The standard InChI is InChI=1S/C40H38ClF3N6O8S/c1-39(2,25-4-6-28(7-5-25)58-22-27-10-13-46-38(47-27)49-59(3,54)55)26-16-23(20-45)35(30(41)18-26)57-15-12-40(43,44)11-14-56-33-17-24-21-50(37(53)29(24)19-31(33)42)32-8-9-34(51)48-36(32)52/h4-7,10,13,16-19,32H,8-9,11-12,14-15,21-22H2,1-3H3,(H,46,47,49)(H,48,51,52). The highest BCUT2D eigenvalue weighted by Crippen LogP contribution is 2.39. The predicted octanol–water partition coefficient (Wildman–Crippen LogP) is 6.05. The van der Waals surface area contributed by atoms with Crippen molar-refractivity contribution in [1.82, 2.24) is 20.2 Å². The molecule has 4 aromatic rings. The molecule has 3 amide bonds. The van der Waals surface area contributed by atoms with Gasteiger partial charge in [0, 0.05) is 43.0 Å². The summed E-state index contributed by atoms with van der Waals surface area (Å²) >= 11 is 6.56. The lowest BCUT2D eigenvalue weighted by Crippen LogP contribution is -2.52. The number of piperidine rings is 1. The van der Waals surface area contributed by atoms with Crippen LogP contribution in [-0.2, 0) is 38.2 Å². The van der Waals surface area contributed by atoms with Crippen LogP contribution in [0.3, 0.4) is 0 Å². The monoisotopic (exact) mass is 854 g/mol. The maximum Gasteiger partial charge on any atom is 0.255 e. The van der Waals surface area contributed by atoms with E-state index in [9.17, 15) is 41.2 Å². The summed E-state index contributed by atoms with van der Waals surface area (Å²) in [4.78, 5) is 46.0. The lowest BCUT2D eigenvalue weighted by atomic mass is 9.77. The third-order valence-electron chi connectivity index (χ3n) is 9.85. The van der Waals surface area contributed by atoms with Crippen LogP contribution in [0.25, 0.3) is 0 Å². The molecule has 310 valence electrons. The van der Waals surface area contributed by atoms with Crippen molar-refractivity contribution in [2.45, 2.75) is 70.1 Å². The minimum atomic E-state index is -3.55. The number of benzene rings is 3. The molecule has 1 unspecified atom stereocenters. The number of nitrogens with one attached hydrogen (secondary N) is 2. The topological polar surface area (TPSA) is 190 Å². The third-order valence-corrected chi connectivity index (χ3v) is 10.7. The number of hydrogen-bond donors (Lipinski definition) is 2. The van der Waals surface area contributed by atoms with Gasteiger partial charge in [0.1, 0.15) is 24.5 Å². The van der Waals surface area contributed by atoms with Crippen LogP contribution in [0, 0.1) is 17.1 Å². The Morgan fingerprint density at radius 1 is 1.02 bits per heavy atom. The van der Waals surface area contributed by atoms with Crippen LogP contribution in [0.4, 0.5) is 19.1 Å². The fraction of sp³-hybridized carbons (Fsp3) is 0.350. The molecular formula is C40H38ClF3N6O8S. The highest BCUT2D eigenvalue weighted by atomic mass is 35.5. The summed E-state index contributed by atoms with van der Waals surface area (Å²) in [6.45, 7) is 2.77. The molecule has 3 heterocycles. The maximum absolute atomic E-state index is 14.9. The van der Waals surface area contributed by atoms with E-state index in [0.29, 0.717) is 22.6 Å². The van der Waals surface area contributed by atoms with Gasteiger partial charge in [0.05, 0.1) is 35.7 Å². The predicted molar refractivity (Wildman–Crippen MR) is 207 cm³/mol. The van der Waals surface area contributed by atoms with Crippen LogP contribution < -0.4 is 24.2 Å². The van der Waals surface area contributed by atoms with Crippen molar-refractivity contribution in [2.24, 2.45) is 0 Å². The second-order valence-corrected chi connectivity index (χ2v) is 16.7. The van der Waals surface area contributed by atoms with Crippen LogP contribution in [0.15, 0.2) is 60.8 Å². The van der Waals surface area contributed by atoms with Gasteiger partial charge < -0.3 is 19.1 Å². The van der Waals surface area contributed by atoms with Crippen LogP contribution in [-0.4, -0.2) is 72.4 Å². The molecule has 1 atom stereocenters. The number of amides is 3. The number of aromatic nitrogens is 2. The molecule has 0 aliphatic carbocycles. The fourth-order valence-electron chi connectivity index (χ4n) is 6.58. The Morgan fingerprint density at radius 3 is 2.41 bits per heavy atom. The number of nitriles is 1. The Morgan fingerprint density at radius 2 is 1.73 bits per heavy atom. The molecule has 1 aromatic heterocycles. The van der Waals surface area contributed by atoms with Gasteiger partial charge in [0.15, 0.2) is 17.3 Å². The summed E-state index contributed by atoms with van der Waals surface area (Å²) in [5.41, 5.74) is 1.68. The van der Waals surface area contributed by atoms with Gasteiger partial charge in [-0.1, -0.05) is 37.6 Å². The summed E-state index contributed by atoms with van der Waals surface area (Å²) in [7, 11) is -3.55. The molecule has 59 heavy (non-hydrogen) atoms. The van der Waals surface area contributed by atoms with Crippen LogP contribution in [0.5, 0.6) is 17.2 Å².